The van der Waals surface area contributed by atoms with E-state index in [-0.39, 0.29) is 0 Å². The van der Waals surface area contributed by atoms with Crippen molar-refractivity contribution < 1.29 is 0 Å². The maximum Gasteiger partial charge on any atom is 0.0545 e. The first-order valence-corrected chi connectivity index (χ1v) is 9.20. The Labute approximate surface area is 151 Å². The topological polar surface area (TPSA) is 20.7 Å². The minimum atomic E-state index is 1.09. The average Bonchev–Trinajstić information content (AvgIpc) is 3.22. The van der Waals surface area contributed by atoms with E-state index in [1.165, 1.54) is 49.7 Å². The van der Waals surface area contributed by atoms with Crippen LogP contribution in [0.25, 0.3) is 44.5 Å². The van der Waals surface area contributed by atoms with Crippen LogP contribution in [0.3, 0.4) is 0 Å². The van der Waals surface area contributed by atoms with E-state index in [1.54, 1.807) is 0 Å². The van der Waals surface area contributed by atoms with Gasteiger partial charge in [0, 0.05) is 44.1 Å². The molecule has 2 heterocycles. The van der Waals surface area contributed by atoms with Crippen molar-refractivity contribution in [3.05, 3.63) is 84.1 Å². The van der Waals surface area contributed by atoms with E-state index < -0.39 is 0 Å². The number of fused-ring (bicyclic) bond motifs is 6. The van der Waals surface area contributed by atoms with Crippen molar-refractivity contribution in [1.29, 1.82) is 0 Å². The number of para-hydroxylation sites is 2. The molecule has 0 amide bonds. The number of benzene rings is 3. The average molecular weight is 334 g/mol. The van der Waals surface area contributed by atoms with E-state index in [0.29, 0.717) is 0 Å². The maximum absolute atomic E-state index is 3.59. The van der Waals surface area contributed by atoms with Crippen molar-refractivity contribution >= 4 is 38.8 Å². The van der Waals surface area contributed by atoms with Gasteiger partial charge in [-0.15, -0.1) is 0 Å². The lowest BCUT2D eigenvalue weighted by atomic mass is 10.0. The van der Waals surface area contributed by atoms with Gasteiger partial charge in [-0.3, -0.25) is 0 Å². The Morgan fingerprint density at radius 2 is 1.62 bits per heavy atom. The molecule has 1 aliphatic rings. The van der Waals surface area contributed by atoms with Crippen LogP contribution in [0.2, 0.25) is 0 Å². The fraction of sp³-hybridized carbons (Fsp3) is 0.0833. The summed E-state index contributed by atoms with van der Waals surface area (Å²) in [5.41, 5.74) is 7.75. The standard InChI is InChI=1S/C24H18N2/c1-2-8-16(9-3-1)26-23-13-7-5-11-18(23)20-14-22-19(15-24(20)26)17-10-4-6-12-21(17)25-22/h1-6,8-12,14-15,25H,7,13H2. The van der Waals surface area contributed by atoms with Crippen LogP contribution in [-0.4, -0.2) is 9.55 Å². The van der Waals surface area contributed by atoms with Crippen LogP contribution >= 0.6 is 0 Å². The SMILES string of the molecule is C1=Cc2c(n(-c3ccccc3)c3cc4c(cc23)[nH]c2ccccc24)CC1. The van der Waals surface area contributed by atoms with Gasteiger partial charge in [0.1, 0.15) is 0 Å². The van der Waals surface area contributed by atoms with Crippen LogP contribution in [0.1, 0.15) is 17.7 Å². The molecule has 0 unspecified atom stereocenters. The largest absolute Gasteiger partial charge is 0.354 e. The molecule has 26 heavy (non-hydrogen) atoms. The molecule has 1 aliphatic carbocycles. The van der Waals surface area contributed by atoms with Crippen molar-refractivity contribution in [3.63, 3.8) is 0 Å². The molecule has 0 saturated heterocycles. The Kier molecular flexibility index (Phi) is 2.75. The number of nitrogens with one attached hydrogen (secondary N) is 1. The molecule has 0 spiro atoms. The second kappa shape index (κ2) is 5.12. The predicted molar refractivity (Wildman–Crippen MR) is 110 cm³/mol. The van der Waals surface area contributed by atoms with Gasteiger partial charge in [-0.1, -0.05) is 48.6 Å². The van der Waals surface area contributed by atoms with Crippen molar-refractivity contribution in [3.8, 4) is 5.69 Å². The van der Waals surface area contributed by atoms with Crippen LogP contribution < -0.4 is 0 Å². The lowest BCUT2D eigenvalue weighted by Gasteiger charge is -2.13. The number of nitrogens with zero attached hydrogens (tertiary/aromatic N) is 1. The number of hydrogen-bond acceptors (Lipinski definition) is 0. The third kappa shape index (κ3) is 1.81. The van der Waals surface area contributed by atoms with Crippen LogP contribution in [-0.2, 0) is 6.42 Å². The molecule has 2 heteroatoms. The summed E-state index contributed by atoms with van der Waals surface area (Å²) < 4.78 is 2.45. The van der Waals surface area contributed by atoms with Crippen molar-refractivity contribution in [2.45, 2.75) is 12.8 Å². The zero-order valence-corrected chi connectivity index (χ0v) is 14.4. The number of rotatable bonds is 1. The monoisotopic (exact) mass is 334 g/mol. The summed E-state index contributed by atoms with van der Waals surface area (Å²) in [7, 11) is 0. The number of allylic oxidation sites excluding steroid dienone is 1. The van der Waals surface area contributed by atoms with Crippen molar-refractivity contribution in [2.75, 3.05) is 0 Å². The highest BCUT2D eigenvalue weighted by Gasteiger charge is 2.19. The summed E-state index contributed by atoms with van der Waals surface area (Å²) in [5, 5.41) is 3.92. The zero-order valence-electron chi connectivity index (χ0n) is 14.4. The Morgan fingerprint density at radius 1 is 0.769 bits per heavy atom. The number of H-pyrrole nitrogens is 1. The number of aromatic nitrogens is 2. The molecule has 1 N–H and O–H groups in total. The van der Waals surface area contributed by atoms with E-state index in [0.717, 1.165) is 12.8 Å². The smallest absolute Gasteiger partial charge is 0.0545 e. The Hall–Kier alpha value is -3.26. The first-order chi connectivity index (χ1) is 12.9. The highest BCUT2D eigenvalue weighted by atomic mass is 15.0. The van der Waals surface area contributed by atoms with E-state index >= 15 is 0 Å². The molecule has 124 valence electrons. The molecule has 2 aromatic heterocycles. The Bertz CT molecular complexity index is 1320. The molecular weight excluding hydrogens is 316 g/mol. The summed E-state index contributed by atoms with van der Waals surface area (Å²) in [4.78, 5) is 3.59. The second-order valence-electron chi connectivity index (χ2n) is 7.06. The first kappa shape index (κ1) is 14.0. The molecule has 2 nitrogen and oxygen atoms in total. The van der Waals surface area contributed by atoms with E-state index in [2.05, 4.69) is 88.4 Å². The molecule has 5 aromatic rings. The van der Waals surface area contributed by atoms with Crippen LogP contribution in [0, 0.1) is 0 Å². The van der Waals surface area contributed by atoms with Crippen LogP contribution in [0.4, 0.5) is 0 Å². The highest BCUT2D eigenvalue weighted by molar-refractivity contribution is 6.13. The van der Waals surface area contributed by atoms with Crippen LogP contribution in [0.15, 0.2) is 72.8 Å². The van der Waals surface area contributed by atoms with Gasteiger partial charge in [-0.25, -0.2) is 0 Å². The predicted octanol–water partition coefficient (Wildman–Crippen LogP) is 6.22. The Balaban J connectivity index is 1.80. The molecule has 3 aromatic carbocycles. The van der Waals surface area contributed by atoms with Gasteiger partial charge >= 0.3 is 0 Å². The van der Waals surface area contributed by atoms with Crippen molar-refractivity contribution in [2.24, 2.45) is 0 Å². The molecule has 0 fully saturated rings. The van der Waals surface area contributed by atoms with Crippen molar-refractivity contribution in [1.82, 2.24) is 9.55 Å². The third-order valence-electron chi connectivity index (χ3n) is 5.58. The number of aromatic amines is 1. The molecule has 0 saturated carbocycles. The lowest BCUT2D eigenvalue weighted by molar-refractivity contribution is 0.889. The Morgan fingerprint density at radius 3 is 2.54 bits per heavy atom. The van der Waals surface area contributed by atoms with Crippen LogP contribution in [0.5, 0.6) is 0 Å². The summed E-state index contributed by atoms with van der Waals surface area (Å²) in [6.45, 7) is 0. The van der Waals surface area contributed by atoms with Gasteiger partial charge in [0.2, 0.25) is 0 Å². The van der Waals surface area contributed by atoms with E-state index in [9.17, 15) is 0 Å². The van der Waals surface area contributed by atoms with Gasteiger partial charge in [-0.05, 0) is 43.2 Å². The van der Waals surface area contributed by atoms with E-state index in [1.807, 2.05) is 0 Å². The van der Waals surface area contributed by atoms with Gasteiger partial charge in [0.15, 0.2) is 0 Å². The van der Waals surface area contributed by atoms with Gasteiger partial charge in [0.05, 0.1) is 5.52 Å². The van der Waals surface area contributed by atoms with Gasteiger partial charge < -0.3 is 9.55 Å². The van der Waals surface area contributed by atoms with E-state index in [4.69, 9.17) is 0 Å². The first-order valence-electron chi connectivity index (χ1n) is 9.20. The second-order valence-corrected chi connectivity index (χ2v) is 7.06. The molecule has 0 atom stereocenters. The maximum atomic E-state index is 3.59. The summed E-state index contributed by atoms with van der Waals surface area (Å²) in [6.07, 6.45) is 6.79. The normalized spacial score (nSPS) is 13.7. The molecule has 0 radical (unpaired) electrons. The lowest BCUT2D eigenvalue weighted by Crippen LogP contribution is -2.02. The minimum absolute atomic E-state index is 1.09. The van der Waals surface area contributed by atoms with Gasteiger partial charge in [-0.2, -0.15) is 0 Å². The molecule has 0 bridgehead atoms. The van der Waals surface area contributed by atoms with Gasteiger partial charge in [0.25, 0.3) is 0 Å². The molecular formula is C24H18N2. The highest BCUT2D eigenvalue weighted by Crippen LogP contribution is 2.37. The fourth-order valence-corrected chi connectivity index (χ4v) is 4.43. The molecule has 0 aliphatic heterocycles. The minimum Gasteiger partial charge on any atom is -0.354 e. The zero-order chi connectivity index (χ0) is 17.1. The quantitative estimate of drug-likeness (QED) is 0.375. The third-order valence-corrected chi connectivity index (χ3v) is 5.58. The number of hydrogen-bond donors (Lipinski definition) is 1. The fourth-order valence-electron chi connectivity index (χ4n) is 4.43. The molecule has 6 rings (SSSR count). The summed E-state index contributed by atoms with van der Waals surface area (Å²) in [6, 6.07) is 24.0. The summed E-state index contributed by atoms with van der Waals surface area (Å²) in [5.74, 6) is 0. The summed E-state index contributed by atoms with van der Waals surface area (Å²) >= 11 is 0.